The zero-order valence-electron chi connectivity index (χ0n) is 9.25. The Labute approximate surface area is 99.6 Å². The normalized spacial score (nSPS) is 9.65. The van der Waals surface area contributed by atoms with E-state index in [2.05, 4.69) is 16.0 Å². The van der Waals surface area contributed by atoms with E-state index in [1.807, 2.05) is 6.92 Å². The minimum atomic E-state index is -2.49. The third kappa shape index (κ3) is 3.22. The molecule has 0 spiro atoms. The minimum absolute atomic E-state index is 0.161. The zero-order chi connectivity index (χ0) is 12.8. The van der Waals surface area contributed by atoms with Crippen molar-refractivity contribution >= 4 is 16.3 Å². The Morgan fingerprint density at radius 1 is 1.71 bits per heavy atom. The van der Waals surface area contributed by atoms with Gasteiger partial charge in [0.15, 0.2) is 0 Å². The summed E-state index contributed by atoms with van der Waals surface area (Å²) in [6.45, 7) is 2.56. The number of hydrogen-bond donors (Lipinski definition) is 1. The summed E-state index contributed by atoms with van der Waals surface area (Å²) in [7, 11) is -2.49. The van der Waals surface area contributed by atoms with E-state index in [1.165, 1.54) is 4.90 Å². The van der Waals surface area contributed by atoms with Gasteiger partial charge < -0.3 is 4.90 Å². The summed E-state index contributed by atoms with van der Waals surface area (Å²) in [5, 5.41) is 2.34. The Hall–Kier alpha value is -2.01. The Balaban J connectivity index is 3.02. The number of terminal acetylenes is 1. The fourth-order valence-corrected chi connectivity index (χ4v) is 1.53. The largest absolute Gasteiger partial charge is 0.345 e. The lowest BCUT2D eigenvalue weighted by Crippen LogP contribution is -2.35. The topological polar surface area (TPSA) is 88.1 Å². The van der Waals surface area contributed by atoms with Crippen LogP contribution in [-0.4, -0.2) is 47.2 Å². The number of carbonyl (C=O) groups is 1. The molecule has 1 amide bonds. The molecular formula is C9H12N4O3S. The van der Waals surface area contributed by atoms with Gasteiger partial charge in [0.25, 0.3) is 15.1 Å². The van der Waals surface area contributed by atoms with Crippen molar-refractivity contribution in [1.29, 1.82) is 0 Å². The first-order chi connectivity index (χ1) is 8.10. The van der Waals surface area contributed by atoms with Gasteiger partial charge in [-0.25, -0.2) is 9.78 Å². The number of H-pyrrole nitrogens is 1. The van der Waals surface area contributed by atoms with E-state index in [0.29, 0.717) is 6.54 Å². The van der Waals surface area contributed by atoms with E-state index in [9.17, 15) is 13.2 Å². The van der Waals surface area contributed by atoms with Crippen LogP contribution in [0.15, 0.2) is 6.33 Å². The molecule has 17 heavy (non-hydrogen) atoms. The Bertz CT molecular complexity index is 597. The summed E-state index contributed by atoms with van der Waals surface area (Å²) in [5.74, 6) is 2.37. The van der Waals surface area contributed by atoms with Crippen LogP contribution in [0.4, 0.5) is 4.79 Å². The van der Waals surface area contributed by atoms with Gasteiger partial charge in [0.05, 0.1) is 6.54 Å². The number of hydrogen-bond acceptors (Lipinski definition) is 4. The fourth-order valence-electron chi connectivity index (χ4n) is 1.22. The maximum Gasteiger partial charge on any atom is 0.345 e. The second-order valence-corrected chi connectivity index (χ2v) is 4.03. The molecule has 1 N–H and O–H groups in total. The summed E-state index contributed by atoms with van der Waals surface area (Å²) in [4.78, 5) is 16.8. The molecule has 0 aliphatic rings. The van der Waals surface area contributed by atoms with E-state index < -0.39 is 16.3 Å². The van der Waals surface area contributed by atoms with Crippen molar-refractivity contribution in [2.45, 2.75) is 13.3 Å². The van der Waals surface area contributed by atoms with Crippen molar-refractivity contribution < 1.29 is 13.2 Å². The number of nitrogens with zero attached hydrogens (tertiary/aromatic N) is 3. The standard InChI is InChI=1S/C9H12N4O3S/c1-3-5-12(6-4-2)9(14)13-7-10-8(11-13)17(15)16/h1,7,11H,4-6H2,2H3. The van der Waals surface area contributed by atoms with Crippen LogP contribution in [-0.2, 0) is 10.3 Å². The molecule has 0 unspecified atom stereocenters. The van der Waals surface area contributed by atoms with Gasteiger partial charge in [-0.05, 0) is 6.42 Å². The van der Waals surface area contributed by atoms with Gasteiger partial charge in [-0.3, -0.25) is 5.10 Å². The maximum absolute atomic E-state index is 11.9. The van der Waals surface area contributed by atoms with Crippen LogP contribution in [0.25, 0.3) is 0 Å². The number of aromatic nitrogens is 3. The van der Waals surface area contributed by atoms with Crippen LogP contribution >= 0.6 is 0 Å². The number of aromatic amines is 1. The van der Waals surface area contributed by atoms with Crippen molar-refractivity contribution in [3.63, 3.8) is 0 Å². The molecule has 8 heteroatoms. The van der Waals surface area contributed by atoms with E-state index in [0.717, 1.165) is 17.4 Å². The summed E-state index contributed by atoms with van der Waals surface area (Å²) in [6.07, 6.45) is 7.01. The van der Waals surface area contributed by atoms with E-state index in [-0.39, 0.29) is 11.3 Å². The Morgan fingerprint density at radius 3 is 2.88 bits per heavy atom. The van der Waals surface area contributed by atoms with E-state index in [1.54, 1.807) is 0 Å². The molecule has 0 aromatic carbocycles. The van der Waals surface area contributed by atoms with Gasteiger partial charge in [0.2, 0.25) is 0 Å². The third-order valence-electron chi connectivity index (χ3n) is 1.92. The maximum atomic E-state index is 11.9. The highest BCUT2D eigenvalue weighted by atomic mass is 32.2. The lowest BCUT2D eigenvalue weighted by molar-refractivity contribution is 0.202. The predicted molar refractivity (Wildman–Crippen MR) is 60.2 cm³/mol. The second kappa shape index (κ2) is 5.91. The number of carbonyl (C=O) groups excluding carboxylic acids is 1. The highest BCUT2D eigenvalue weighted by molar-refractivity contribution is 7.63. The van der Waals surface area contributed by atoms with Crippen LogP contribution in [0.3, 0.4) is 0 Å². The summed E-state index contributed by atoms with van der Waals surface area (Å²) in [5.41, 5.74) is 0. The molecule has 1 heterocycles. The van der Waals surface area contributed by atoms with Crippen LogP contribution in [0.5, 0.6) is 0 Å². The lowest BCUT2D eigenvalue weighted by Gasteiger charge is -2.18. The third-order valence-corrected chi connectivity index (χ3v) is 2.43. The molecule has 0 aliphatic carbocycles. The first-order valence-electron chi connectivity index (χ1n) is 4.88. The molecular weight excluding hydrogens is 244 g/mol. The minimum Gasteiger partial charge on any atom is -0.312 e. The first-order valence-corrected chi connectivity index (χ1v) is 5.96. The smallest absolute Gasteiger partial charge is 0.312 e. The fraction of sp³-hybridized carbons (Fsp3) is 0.444. The second-order valence-electron chi connectivity index (χ2n) is 3.17. The Morgan fingerprint density at radius 2 is 2.41 bits per heavy atom. The molecule has 0 fully saturated rings. The summed E-state index contributed by atoms with van der Waals surface area (Å²) >= 11 is 0. The molecule has 1 rings (SSSR count). The molecule has 0 atom stereocenters. The lowest BCUT2D eigenvalue weighted by atomic mass is 10.4. The number of rotatable bonds is 3. The van der Waals surface area contributed by atoms with Gasteiger partial charge in [0, 0.05) is 6.54 Å². The average Bonchev–Trinajstić information content (AvgIpc) is 2.77. The van der Waals surface area contributed by atoms with Crippen LogP contribution in [0.1, 0.15) is 13.3 Å². The highest BCUT2D eigenvalue weighted by Crippen LogP contribution is 1.96. The van der Waals surface area contributed by atoms with Crippen molar-refractivity contribution in [1.82, 2.24) is 19.7 Å². The Kier molecular flexibility index (Phi) is 4.54. The molecule has 1 aromatic heterocycles. The SMILES string of the molecule is C#CCN(CCC)C(=O)n1cnc(=S(=O)=O)[nH]1. The van der Waals surface area contributed by atoms with Crippen LogP contribution < -0.4 is 0 Å². The van der Waals surface area contributed by atoms with E-state index in [4.69, 9.17) is 6.42 Å². The van der Waals surface area contributed by atoms with E-state index >= 15 is 0 Å². The van der Waals surface area contributed by atoms with Gasteiger partial charge >= 0.3 is 6.03 Å². The van der Waals surface area contributed by atoms with Crippen LogP contribution in [0, 0.1) is 17.1 Å². The molecule has 92 valence electrons. The monoisotopic (exact) mass is 256 g/mol. The first kappa shape index (κ1) is 13.1. The van der Waals surface area contributed by atoms with Crippen LogP contribution in [0.2, 0.25) is 0 Å². The van der Waals surface area contributed by atoms with Crippen molar-refractivity contribution in [2.24, 2.45) is 0 Å². The molecule has 7 nitrogen and oxygen atoms in total. The number of amides is 1. The number of nitrogens with one attached hydrogen (secondary N) is 1. The van der Waals surface area contributed by atoms with Gasteiger partial charge in [-0.2, -0.15) is 13.1 Å². The molecule has 0 saturated heterocycles. The predicted octanol–water partition coefficient (Wildman–Crippen LogP) is -0.0644. The van der Waals surface area contributed by atoms with Crippen molar-refractivity contribution in [3.8, 4) is 12.3 Å². The summed E-state index contributed by atoms with van der Waals surface area (Å²) < 4.78 is 21.9. The zero-order valence-corrected chi connectivity index (χ0v) is 10.1. The van der Waals surface area contributed by atoms with Crippen molar-refractivity contribution in [2.75, 3.05) is 13.1 Å². The highest BCUT2D eigenvalue weighted by Gasteiger charge is 2.13. The molecule has 0 aliphatic heterocycles. The van der Waals surface area contributed by atoms with Gasteiger partial charge in [-0.15, -0.1) is 6.42 Å². The molecule has 0 bridgehead atoms. The van der Waals surface area contributed by atoms with Gasteiger partial charge in [0.1, 0.15) is 6.33 Å². The van der Waals surface area contributed by atoms with Crippen molar-refractivity contribution in [3.05, 3.63) is 11.1 Å². The summed E-state index contributed by atoms with van der Waals surface area (Å²) in [6, 6.07) is -0.436. The molecule has 1 aromatic rings. The average molecular weight is 256 g/mol. The quantitative estimate of drug-likeness (QED) is 0.606. The molecule has 0 saturated carbocycles. The molecule has 0 radical (unpaired) electrons. The van der Waals surface area contributed by atoms with Gasteiger partial charge in [-0.1, -0.05) is 12.8 Å².